The van der Waals surface area contributed by atoms with Gasteiger partial charge in [0.2, 0.25) is 5.89 Å². The average Bonchev–Trinajstić information content (AvgIpc) is 3.08. The minimum Gasteiger partial charge on any atom is -0.479 e. The molecule has 0 saturated heterocycles. The van der Waals surface area contributed by atoms with Crippen LogP contribution in [-0.2, 0) is 0 Å². The van der Waals surface area contributed by atoms with Gasteiger partial charge in [-0.25, -0.2) is 4.98 Å². The van der Waals surface area contributed by atoms with Crippen LogP contribution >= 0.6 is 11.6 Å². The lowest BCUT2D eigenvalue weighted by atomic mass is 10.1. The highest BCUT2D eigenvalue weighted by Gasteiger charge is 2.16. The van der Waals surface area contributed by atoms with Crippen LogP contribution in [0.1, 0.15) is 83.7 Å². The smallest absolute Gasteiger partial charge is 0.312 e. The van der Waals surface area contributed by atoms with Crippen LogP contribution in [0, 0.1) is 0 Å². The van der Waals surface area contributed by atoms with E-state index in [0.29, 0.717) is 22.3 Å². The van der Waals surface area contributed by atoms with Gasteiger partial charge in [0, 0.05) is 17.1 Å². The molecule has 0 saturated carbocycles. The summed E-state index contributed by atoms with van der Waals surface area (Å²) in [6.45, 7) is 4.87. The average molecular weight is 405 g/mol. The first-order valence-electron chi connectivity index (χ1n) is 10.6. The SMILES string of the molecule is CCCCCCCCCCCCN=C(C)c1nc(-c2ccc(Cl)cc2)oc1O. The Balaban J connectivity index is 1.70. The third kappa shape index (κ3) is 7.67. The van der Waals surface area contributed by atoms with E-state index in [1.54, 1.807) is 12.1 Å². The fraction of sp³-hybridized carbons (Fsp3) is 0.565. The molecule has 0 atom stereocenters. The number of aromatic nitrogens is 1. The maximum atomic E-state index is 10.1. The molecule has 1 aromatic carbocycles. The minimum absolute atomic E-state index is 0.186. The Morgan fingerprint density at radius 1 is 0.964 bits per heavy atom. The molecule has 0 radical (unpaired) electrons. The lowest BCUT2D eigenvalue weighted by Gasteiger charge is -2.01. The number of unbranched alkanes of at least 4 members (excludes halogenated alkanes) is 9. The van der Waals surface area contributed by atoms with Crippen LogP contribution < -0.4 is 0 Å². The van der Waals surface area contributed by atoms with E-state index in [2.05, 4.69) is 16.9 Å². The molecule has 28 heavy (non-hydrogen) atoms. The number of aliphatic imine (C=N–C) groups is 1. The molecule has 1 aromatic heterocycles. The van der Waals surface area contributed by atoms with Crippen LogP contribution in [0.15, 0.2) is 33.7 Å². The molecule has 1 N–H and O–H groups in total. The van der Waals surface area contributed by atoms with E-state index in [9.17, 15) is 5.11 Å². The van der Waals surface area contributed by atoms with E-state index in [0.717, 1.165) is 18.5 Å². The lowest BCUT2D eigenvalue weighted by molar-refractivity contribution is 0.336. The normalized spacial score (nSPS) is 11.9. The molecule has 1 heterocycles. The van der Waals surface area contributed by atoms with E-state index in [1.807, 2.05) is 19.1 Å². The first kappa shape index (κ1) is 22.5. The van der Waals surface area contributed by atoms with E-state index in [1.165, 1.54) is 57.8 Å². The maximum Gasteiger partial charge on any atom is 0.312 e. The van der Waals surface area contributed by atoms with Crippen molar-refractivity contribution in [3.63, 3.8) is 0 Å². The Morgan fingerprint density at radius 2 is 1.54 bits per heavy atom. The van der Waals surface area contributed by atoms with Gasteiger partial charge in [0.05, 0.1) is 5.71 Å². The van der Waals surface area contributed by atoms with Crippen molar-refractivity contribution >= 4 is 17.3 Å². The summed E-state index contributed by atoms with van der Waals surface area (Å²) in [5.41, 5.74) is 1.89. The Labute approximate surface area is 174 Å². The van der Waals surface area contributed by atoms with Crippen LogP contribution in [0.2, 0.25) is 5.02 Å². The zero-order valence-corrected chi connectivity index (χ0v) is 18.0. The van der Waals surface area contributed by atoms with Gasteiger partial charge in [-0.15, -0.1) is 0 Å². The van der Waals surface area contributed by atoms with Gasteiger partial charge < -0.3 is 9.52 Å². The first-order valence-corrected chi connectivity index (χ1v) is 11.0. The molecule has 0 aliphatic carbocycles. The lowest BCUT2D eigenvalue weighted by Crippen LogP contribution is -1.98. The Bertz CT molecular complexity index is 723. The molecule has 2 aromatic rings. The van der Waals surface area contributed by atoms with Crippen LogP contribution in [-0.4, -0.2) is 22.3 Å². The second-order valence-electron chi connectivity index (χ2n) is 7.33. The molecule has 5 heteroatoms. The number of nitrogens with zero attached hydrogens (tertiary/aromatic N) is 2. The number of oxazole rings is 1. The van der Waals surface area contributed by atoms with E-state index >= 15 is 0 Å². The summed E-state index contributed by atoms with van der Waals surface area (Å²) in [5, 5.41) is 10.7. The predicted octanol–water partition coefficient (Wildman–Crippen LogP) is 7.43. The number of hydrogen-bond acceptors (Lipinski definition) is 4. The second kappa shape index (κ2) is 12.6. The molecule has 2 rings (SSSR count). The molecule has 0 aliphatic rings. The van der Waals surface area contributed by atoms with E-state index in [4.69, 9.17) is 16.0 Å². The Hall–Kier alpha value is -1.81. The number of hydrogen-bond donors (Lipinski definition) is 1. The van der Waals surface area contributed by atoms with Crippen molar-refractivity contribution in [3.8, 4) is 17.4 Å². The topological polar surface area (TPSA) is 58.6 Å². The fourth-order valence-corrected chi connectivity index (χ4v) is 3.31. The zero-order chi connectivity index (χ0) is 20.2. The maximum absolute atomic E-state index is 10.1. The summed E-state index contributed by atoms with van der Waals surface area (Å²) in [7, 11) is 0. The van der Waals surface area contributed by atoms with Gasteiger partial charge in [0.1, 0.15) is 0 Å². The van der Waals surface area contributed by atoms with Crippen LogP contribution in [0.3, 0.4) is 0 Å². The summed E-state index contributed by atoms with van der Waals surface area (Å²) < 4.78 is 5.39. The van der Waals surface area contributed by atoms with Crippen molar-refractivity contribution in [1.82, 2.24) is 4.98 Å². The Morgan fingerprint density at radius 3 is 2.14 bits per heavy atom. The highest BCUT2D eigenvalue weighted by molar-refractivity contribution is 6.30. The molecule has 0 aliphatic heterocycles. The van der Waals surface area contributed by atoms with Gasteiger partial charge in [-0.05, 0) is 37.6 Å². The molecule has 4 nitrogen and oxygen atoms in total. The molecule has 0 fully saturated rings. The van der Waals surface area contributed by atoms with Gasteiger partial charge in [0.15, 0.2) is 5.69 Å². The molecular weight excluding hydrogens is 372 g/mol. The molecule has 0 unspecified atom stereocenters. The summed E-state index contributed by atoms with van der Waals surface area (Å²) in [5.74, 6) is 0.187. The molecule has 0 spiro atoms. The molecule has 0 bridgehead atoms. The van der Waals surface area contributed by atoms with Gasteiger partial charge in [-0.1, -0.05) is 76.3 Å². The van der Waals surface area contributed by atoms with Crippen molar-refractivity contribution in [3.05, 3.63) is 35.0 Å². The molecule has 154 valence electrons. The van der Waals surface area contributed by atoms with Crippen molar-refractivity contribution in [2.45, 2.75) is 78.1 Å². The summed E-state index contributed by atoms with van der Waals surface area (Å²) in [6.07, 6.45) is 13.1. The van der Waals surface area contributed by atoms with E-state index < -0.39 is 0 Å². The van der Waals surface area contributed by atoms with Crippen molar-refractivity contribution in [2.24, 2.45) is 4.99 Å². The zero-order valence-electron chi connectivity index (χ0n) is 17.2. The van der Waals surface area contributed by atoms with Gasteiger partial charge in [-0.2, -0.15) is 0 Å². The summed E-state index contributed by atoms with van der Waals surface area (Å²) >= 11 is 5.90. The van der Waals surface area contributed by atoms with Crippen molar-refractivity contribution in [1.29, 1.82) is 0 Å². The summed E-state index contributed by atoms with van der Waals surface area (Å²) in [4.78, 5) is 8.95. The minimum atomic E-state index is -0.186. The van der Waals surface area contributed by atoms with E-state index in [-0.39, 0.29) is 5.95 Å². The number of rotatable bonds is 13. The van der Waals surface area contributed by atoms with Crippen molar-refractivity contribution in [2.75, 3.05) is 6.54 Å². The van der Waals surface area contributed by atoms with Crippen LogP contribution in [0.4, 0.5) is 0 Å². The Kier molecular flexibility index (Phi) is 10.1. The third-order valence-electron chi connectivity index (χ3n) is 4.90. The number of benzene rings is 1. The number of aromatic hydroxyl groups is 1. The highest BCUT2D eigenvalue weighted by atomic mass is 35.5. The van der Waals surface area contributed by atoms with Crippen LogP contribution in [0.5, 0.6) is 5.95 Å². The molecule has 0 amide bonds. The standard InChI is InChI=1S/C23H33ClN2O2/c1-3-4-5-6-7-8-9-10-11-12-17-25-18(2)21-23(27)28-22(26-21)19-13-15-20(24)16-14-19/h13-16,27H,3-12,17H2,1-2H3. The third-order valence-corrected chi connectivity index (χ3v) is 5.16. The van der Waals surface area contributed by atoms with Gasteiger partial charge in [-0.3, -0.25) is 4.99 Å². The first-order chi connectivity index (χ1) is 13.6. The van der Waals surface area contributed by atoms with Crippen LogP contribution in [0.25, 0.3) is 11.5 Å². The largest absolute Gasteiger partial charge is 0.479 e. The monoisotopic (exact) mass is 404 g/mol. The number of halogens is 1. The molecular formula is C23H33ClN2O2. The van der Waals surface area contributed by atoms with Gasteiger partial charge >= 0.3 is 5.95 Å². The second-order valence-corrected chi connectivity index (χ2v) is 7.77. The fourth-order valence-electron chi connectivity index (χ4n) is 3.18. The highest BCUT2D eigenvalue weighted by Crippen LogP contribution is 2.27. The van der Waals surface area contributed by atoms with Gasteiger partial charge in [0.25, 0.3) is 0 Å². The van der Waals surface area contributed by atoms with Crippen molar-refractivity contribution < 1.29 is 9.52 Å². The quantitative estimate of drug-likeness (QED) is 0.279. The predicted molar refractivity (Wildman–Crippen MR) is 118 cm³/mol. The summed E-state index contributed by atoms with van der Waals surface area (Å²) in [6, 6.07) is 7.16.